The lowest BCUT2D eigenvalue weighted by Gasteiger charge is -2.36. The quantitative estimate of drug-likeness (QED) is 0.330. The van der Waals surface area contributed by atoms with Crippen molar-refractivity contribution in [2.24, 2.45) is 0 Å². The number of hydrogen-bond acceptors (Lipinski definition) is 5. The van der Waals surface area contributed by atoms with Crippen LogP contribution in [0.5, 0.6) is 11.5 Å². The molecular weight excluding hydrogens is 500 g/mol. The van der Waals surface area contributed by atoms with Crippen LogP contribution in [-0.2, 0) is 28.9 Å². The Morgan fingerprint density at radius 1 is 0.842 bits per heavy atom. The zero-order chi connectivity index (χ0) is 26.9. The third kappa shape index (κ3) is 7.29. The van der Waals surface area contributed by atoms with Crippen molar-refractivity contribution in [1.82, 2.24) is 4.90 Å². The number of carbonyl (C=O) groups excluding carboxylic acids is 2. The maximum absolute atomic E-state index is 13.0. The molecule has 1 saturated heterocycles. The van der Waals surface area contributed by atoms with Gasteiger partial charge >= 0.3 is 0 Å². The molecule has 1 amide bonds. The standard InChI is InChI=1S/C31H35ClN2O4/c1-37-27-20-29(32)28(30(21-27)38-2)22-31(36)34-17-15-33(16-18-34)25-13-11-24(12-14-25)19-26(35)10-6-9-23-7-4-3-5-8-23/h3-5,7-8,11-14,20-21H,6,9-10,15-19,22H2,1-2H3. The highest BCUT2D eigenvalue weighted by Gasteiger charge is 2.24. The summed E-state index contributed by atoms with van der Waals surface area (Å²) in [5, 5.41) is 0.461. The molecule has 1 aliphatic heterocycles. The van der Waals surface area contributed by atoms with Crippen LogP contribution < -0.4 is 14.4 Å². The Hall–Kier alpha value is -3.51. The molecule has 0 aliphatic carbocycles. The number of Topliss-reactive ketones (excluding diaryl/α,β-unsaturated/α-hetero) is 1. The van der Waals surface area contributed by atoms with Gasteiger partial charge in [-0.3, -0.25) is 9.59 Å². The molecule has 0 bridgehead atoms. The lowest BCUT2D eigenvalue weighted by molar-refractivity contribution is -0.130. The number of benzene rings is 3. The minimum absolute atomic E-state index is 0.0242. The van der Waals surface area contributed by atoms with Crippen LogP contribution in [0.3, 0.4) is 0 Å². The van der Waals surface area contributed by atoms with Crippen molar-refractivity contribution in [2.45, 2.75) is 32.1 Å². The summed E-state index contributed by atoms with van der Waals surface area (Å²) in [7, 11) is 3.13. The monoisotopic (exact) mass is 534 g/mol. The molecule has 1 aliphatic rings. The number of methoxy groups -OCH3 is 2. The van der Waals surface area contributed by atoms with Crippen molar-refractivity contribution in [1.29, 1.82) is 0 Å². The highest BCUT2D eigenvalue weighted by atomic mass is 35.5. The number of ketones is 1. The van der Waals surface area contributed by atoms with Crippen LogP contribution in [-0.4, -0.2) is 57.0 Å². The lowest BCUT2D eigenvalue weighted by atomic mass is 10.0. The third-order valence-corrected chi connectivity index (χ3v) is 7.35. The molecule has 200 valence electrons. The van der Waals surface area contributed by atoms with Gasteiger partial charge in [0.15, 0.2) is 0 Å². The SMILES string of the molecule is COc1cc(Cl)c(CC(=O)N2CCN(c3ccc(CC(=O)CCCc4ccccc4)cc3)CC2)c(OC)c1. The van der Waals surface area contributed by atoms with Crippen LogP contribution in [0.4, 0.5) is 5.69 Å². The molecule has 38 heavy (non-hydrogen) atoms. The van der Waals surface area contributed by atoms with Crippen LogP contribution in [0, 0.1) is 0 Å². The fourth-order valence-electron chi connectivity index (χ4n) is 4.81. The molecule has 0 saturated carbocycles. The minimum Gasteiger partial charge on any atom is -0.497 e. The number of amides is 1. The Bertz CT molecular complexity index is 1220. The van der Waals surface area contributed by atoms with Crippen LogP contribution in [0.15, 0.2) is 66.7 Å². The van der Waals surface area contributed by atoms with Gasteiger partial charge in [0.25, 0.3) is 0 Å². The molecule has 1 heterocycles. The minimum atomic E-state index is 0.0242. The second-order valence-electron chi connectivity index (χ2n) is 9.56. The first-order chi connectivity index (χ1) is 18.5. The van der Waals surface area contributed by atoms with Crippen LogP contribution in [0.1, 0.15) is 29.5 Å². The fraction of sp³-hybridized carbons (Fsp3) is 0.355. The summed E-state index contributed by atoms with van der Waals surface area (Å²) in [5.41, 5.74) is 4.10. The second kappa shape index (κ2) is 13.3. The smallest absolute Gasteiger partial charge is 0.227 e. The van der Waals surface area contributed by atoms with Crippen molar-refractivity contribution >= 4 is 29.0 Å². The van der Waals surface area contributed by atoms with E-state index in [1.807, 2.05) is 35.2 Å². The maximum Gasteiger partial charge on any atom is 0.227 e. The van der Waals surface area contributed by atoms with E-state index in [0.29, 0.717) is 48.0 Å². The Balaban J connectivity index is 1.24. The second-order valence-corrected chi connectivity index (χ2v) is 9.96. The van der Waals surface area contributed by atoms with Gasteiger partial charge in [0, 0.05) is 56.3 Å². The van der Waals surface area contributed by atoms with E-state index in [1.165, 1.54) is 5.56 Å². The first-order valence-electron chi connectivity index (χ1n) is 13.0. The number of aryl methyl sites for hydroxylation is 1. The van der Waals surface area contributed by atoms with Gasteiger partial charge in [-0.05, 0) is 42.2 Å². The largest absolute Gasteiger partial charge is 0.497 e. The predicted octanol–water partition coefficient (Wildman–Crippen LogP) is 5.38. The number of hydrogen-bond donors (Lipinski definition) is 0. The molecule has 4 rings (SSSR count). The van der Waals surface area contributed by atoms with E-state index in [0.717, 1.165) is 37.2 Å². The molecule has 3 aromatic rings. The van der Waals surface area contributed by atoms with E-state index in [2.05, 4.69) is 29.2 Å². The first kappa shape index (κ1) is 27.5. The van der Waals surface area contributed by atoms with Crippen LogP contribution in [0.25, 0.3) is 0 Å². The number of piperazine rings is 1. The van der Waals surface area contributed by atoms with E-state index in [9.17, 15) is 9.59 Å². The summed E-state index contributed by atoms with van der Waals surface area (Å²) < 4.78 is 10.7. The van der Waals surface area contributed by atoms with Crippen molar-refractivity contribution in [2.75, 3.05) is 45.3 Å². The van der Waals surface area contributed by atoms with Crippen molar-refractivity contribution in [3.8, 4) is 11.5 Å². The van der Waals surface area contributed by atoms with Gasteiger partial charge in [-0.2, -0.15) is 0 Å². The summed E-state index contributed by atoms with van der Waals surface area (Å²) in [6.45, 7) is 2.76. The Morgan fingerprint density at radius 3 is 2.21 bits per heavy atom. The number of anilines is 1. The van der Waals surface area contributed by atoms with Gasteiger partial charge in [-0.25, -0.2) is 0 Å². The molecule has 0 atom stereocenters. The molecule has 7 heteroatoms. The van der Waals surface area contributed by atoms with Crippen molar-refractivity contribution in [3.63, 3.8) is 0 Å². The van der Waals surface area contributed by atoms with Gasteiger partial charge in [0.05, 0.1) is 25.7 Å². The average molecular weight is 535 g/mol. The highest BCUT2D eigenvalue weighted by molar-refractivity contribution is 6.32. The topological polar surface area (TPSA) is 59.1 Å². The highest BCUT2D eigenvalue weighted by Crippen LogP contribution is 2.33. The van der Waals surface area contributed by atoms with Gasteiger partial charge < -0.3 is 19.3 Å². The molecule has 0 aromatic heterocycles. The number of carbonyl (C=O) groups is 2. The van der Waals surface area contributed by atoms with Crippen LogP contribution in [0.2, 0.25) is 5.02 Å². The maximum atomic E-state index is 13.0. The number of nitrogens with zero attached hydrogens (tertiary/aromatic N) is 2. The van der Waals surface area contributed by atoms with Gasteiger partial charge in [0.1, 0.15) is 17.3 Å². The van der Waals surface area contributed by atoms with E-state index in [-0.39, 0.29) is 18.1 Å². The summed E-state index contributed by atoms with van der Waals surface area (Å²) in [5.74, 6) is 1.44. The Labute approximate surface area is 230 Å². The van der Waals surface area contributed by atoms with E-state index >= 15 is 0 Å². The average Bonchev–Trinajstić information content (AvgIpc) is 2.95. The summed E-state index contributed by atoms with van der Waals surface area (Å²) >= 11 is 6.41. The molecular formula is C31H35ClN2O4. The summed E-state index contributed by atoms with van der Waals surface area (Å²) in [6, 6.07) is 22.0. The van der Waals surface area contributed by atoms with E-state index in [1.54, 1.807) is 26.4 Å². The van der Waals surface area contributed by atoms with E-state index < -0.39 is 0 Å². The fourth-order valence-corrected chi connectivity index (χ4v) is 5.08. The number of rotatable bonds is 11. The van der Waals surface area contributed by atoms with Gasteiger partial charge in [-0.15, -0.1) is 0 Å². The summed E-state index contributed by atoms with van der Waals surface area (Å²) in [6.07, 6.45) is 3.05. The first-order valence-corrected chi connectivity index (χ1v) is 13.4. The zero-order valence-corrected chi connectivity index (χ0v) is 22.9. The van der Waals surface area contributed by atoms with Crippen LogP contribution >= 0.6 is 11.6 Å². The molecule has 6 nitrogen and oxygen atoms in total. The summed E-state index contributed by atoms with van der Waals surface area (Å²) in [4.78, 5) is 29.6. The molecule has 1 fully saturated rings. The Morgan fingerprint density at radius 2 is 1.55 bits per heavy atom. The predicted molar refractivity (Wildman–Crippen MR) is 152 cm³/mol. The normalized spacial score (nSPS) is 13.3. The lowest BCUT2D eigenvalue weighted by Crippen LogP contribution is -2.49. The molecule has 3 aromatic carbocycles. The third-order valence-electron chi connectivity index (χ3n) is 7.01. The number of halogens is 1. The van der Waals surface area contributed by atoms with Crippen molar-refractivity contribution < 1.29 is 19.1 Å². The molecule has 0 spiro atoms. The molecule has 0 radical (unpaired) electrons. The van der Waals surface area contributed by atoms with E-state index in [4.69, 9.17) is 21.1 Å². The number of ether oxygens (including phenoxy) is 2. The zero-order valence-electron chi connectivity index (χ0n) is 22.1. The van der Waals surface area contributed by atoms with Gasteiger partial charge in [-0.1, -0.05) is 54.1 Å². The molecule has 0 N–H and O–H groups in total. The Kier molecular flexibility index (Phi) is 9.66. The van der Waals surface area contributed by atoms with Gasteiger partial charge in [0.2, 0.25) is 5.91 Å². The van der Waals surface area contributed by atoms with Crippen molar-refractivity contribution in [3.05, 3.63) is 88.4 Å². The molecule has 0 unspecified atom stereocenters.